The molecular formula is C24H27NO5S. The van der Waals surface area contributed by atoms with Gasteiger partial charge >= 0.3 is 0 Å². The lowest BCUT2D eigenvalue weighted by atomic mass is 9.72. The average molecular weight is 442 g/mol. The van der Waals surface area contributed by atoms with Gasteiger partial charge in [0, 0.05) is 6.04 Å². The predicted molar refractivity (Wildman–Crippen MR) is 116 cm³/mol. The Morgan fingerprint density at radius 2 is 1.52 bits per heavy atom. The van der Waals surface area contributed by atoms with Crippen LogP contribution >= 0.6 is 0 Å². The van der Waals surface area contributed by atoms with Crippen LogP contribution < -0.4 is 0 Å². The fourth-order valence-corrected chi connectivity index (χ4v) is 5.43. The van der Waals surface area contributed by atoms with Gasteiger partial charge in [-0.1, -0.05) is 36.8 Å². The van der Waals surface area contributed by atoms with Gasteiger partial charge in [0.15, 0.2) is 0 Å². The molecule has 31 heavy (non-hydrogen) atoms. The summed E-state index contributed by atoms with van der Waals surface area (Å²) >= 11 is 0. The molecule has 1 fully saturated rings. The van der Waals surface area contributed by atoms with Crippen molar-refractivity contribution in [3.63, 3.8) is 0 Å². The molecule has 1 heterocycles. The first-order valence-corrected chi connectivity index (χ1v) is 12.0. The molecule has 2 aliphatic rings. The first kappa shape index (κ1) is 21.7. The number of benzene rings is 2. The van der Waals surface area contributed by atoms with Crippen molar-refractivity contribution >= 4 is 21.9 Å². The molecular weight excluding hydrogens is 414 g/mol. The van der Waals surface area contributed by atoms with E-state index in [1.807, 2.05) is 6.92 Å². The van der Waals surface area contributed by atoms with Crippen LogP contribution in [0.5, 0.6) is 0 Å². The topological polar surface area (TPSA) is 80.8 Å². The maximum Gasteiger partial charge on any atom is 0.296 e. The highest BCUT2D eigenvalue weighted by atomic mass is 32.2. The zero-order chi connectivity index (χ0) is 22.2. The fourth-order valence-electron chi connectivity index (χ4n) is 4.52. The van der Waals surface area contributed by atoms with Gasteiger partial charge in [0.05, 0.1) is 22.6 Å². The Morgan fingerprint density at radius 1 is 0.968 bits per heavy atom. The molecule has 0 bridgehead atoms. The molecule has 164 valence electrons. The second kappa shape index (κ2) is 8.20. The van der Waals surface area contributed by atoms with E-state index in [0.717, 1.165) is 18.4 Å². The van der Waals surface area contributed by atoms with Crippen molar-refractivity contribution in [3.05, 3.63) is 65.2 Å². The third-order valence-electron chi connectivity index (χ3n) is 6.61. The number of imide groups is 1. The number of carbonyl (C=O) groups excluding carboxylic acids is 2. The summed E-state index contributed by atoms with van der Waals surface area (Å²) in [4.78, 5) is 27.0. The molecule has 4 rings (SSSR count). The lowest BCUT2D eigenvalue weighted by Gasteiger charge is -2.39. The van der Waals surface area contributed by atoms with Crippen LogP contribution in [0.4, 0.5) is 0 Å². The molecule has 2 aromatic carbocycles. The number of hydrogen-bond donors (Lipinski definition) is 0. The van der Waals surface area contributed by atoms with Crippen LogP contribution in [0.3, 0.4) is 0 Å². The van der Waals surface area contributed by atoms with Crippen molar-refractivity contribution in [1.29, 1.82) is 0 Å². The monoisotopic (exact) mass is 441 g/mol. The lowest BCUT2D eigenvalue weighted by Crippen LogP contribution is -2.43. The third kappa shape index (κ3) is 4.29. The van der Waals surface area contributed by atoms with Crippen LogP contribution in [0, 0.1) is 12.3 Å². The quantitative estimate of drug-likeness (QED) is 0.492. The van der Waals surface area contributed by atoms with E-state index in [0.29, 0.717) is 30.4 Å². The number of fused-ring (bicyclic) bond motifs is 1. The maximum atomic E-state index is 12.7. The van der Waals surface area contributed by atoms with Gasteiger partial charge in [0.2, 0.25) is 0 Å². The minimum Gasteiger partial charge on any atom is -0.271 e. The Labute approximate surface area is 183 Å². The van der Waals surface area contributed by atoms with Crippen molar-refractivity contribution < 1.29 is 22.2 Å². The number of aryl methyl sites for hydroxylation is 1. The van der Waals surface area contributed by atoms with Crippen LogP contribution in [0.1, 0.15) is 65.3 Å². The van der Waals surface area contributed by atoms with Crippen LogP contribution in [-0.2, 0) is 14.3 Å². The Balaban J connectivity index is 1.33. The van der Waals surface area contributed by atoms with Crippen LogP contribution in [-0.4, -0.2) is 37.8 Å². The molecule has 6 nitrogen and oxygen atoms in total. The van der Waals surface area contributed by atoms with Crippen molar-refractivity contribution in [2.24, 2.45) is 5.41 Å². The highest BCUT2D eigenvalue weighted by Crippen LogP contribution is 2.42. The Hall–Kier alpha value is -2.51. The molecule has 7 heteroatoms. The van der Waals surface area contributed by atoms with Gasteiger partial charge in [-0.05, 0) is 68.7 Å². The molecule has 0 atom stereocenters. The molecule has 0 radical (unpaired) electrons. The van der Waals surface area contributed by atoms with E-state index in [-0.39, 0.29) is 34.8 Å². The van der Waals surface area contributed by atoms with Crippen molar-refractivity contribution in [3.8, 4) is 0 Å². The summed E-state index contributed by atoms with van der Waals surface area (Å²) in [6, 6.07) is 13.4. The second-order valence-corrected chi connectivity index (χ2v) is 10.5. The molecule has 0 aromatic heterocycles. The first-order valence-electron chi connectivity index (χ1n) is 10.6. The zero-order valence-corrected chi connectivity index (χ0v) is 18.7. The molecule has 0 unspecified atom stereocenters. The summed E-state index contributed by atoms with van der Waals surface area (Å²) < 4.78 is 30.1. The number of rotatable bonds is 6. The van der Waals surface area contributed by atoms with Gasteiger partial charge in [0.25, 0.3) is 21.9 Å². The van der Waals surface area contributed by atoms with Gasteiger partial charge in [0.1, 0.15) is 0 Å². The van der Waals surface area contributed by atoms with E-state index in [1.165, 1.54) is 4.90 Å². The summed E-state index contributed by atoms with van der Waals surface area (Å²) in [5.41, 5.74) is 1.87. The molecule has 0 spiro atoms. The number of nitrogens with zero attached hydrogens (tertiary/aromatic N) is 1. The number of carbonyl (C=O) groups is 2. The summed E-state index contributed by atoms with van der Waals surface area (Å²) in [7, 11) is -3.77. The van der Waals surface area contributed by atoms with Gasteiger partial charge in [-0.3, -0.25) is 18.7 Å². The standard InChI is InChI=1S/C24H27NO5S/c1-17-7-9-19(10-8-17)31(28,29)30-16-15-24(2)13-11-18(12-14-24)25-22(26)20-5-3-4-6-21(20)23(25)27/h3-10,18H,11-16H2,1-2H3. The van der Waals surface area contributed by atoms with E-state index >= 15 is 0 Å². The molecule has 2 aromatic rings. The molecule has 0 N–H and O–H groups in total. The van der Waals surface area contributed by atoms with Gasteiger partial charge in [-0.2, -0.15) is 8.42 Å². The summed E-state index contributed by atoms with van der Waals surface area (Å²) in [5.74, 6) is -0.413. The zero-order valence-electron chi connectivity index (χ0n) is 17.8. The highest BCUT2D eigenvalue weighted by Gasteiger charge is 2.42. The van der Waals surface area contributed by atoms with Crippen LogP contribution in [0.2, 0.25) is 0 Å². The first-order chi connectivity index (χ1) is 14.7. The lowest BCUT2D eigenvalue weighted by molar-refractivity contribution is 0.0460. The van der Waals surface area contributed by atoms with E-state index in [9.17, 15) is 18.0 Å². The average Bonchev–Trinajstić information content (AvgIpc) is 3.00. The van der Waals surface area contributed by atoms with Crippen molar-refractivity contribution in [2.75, 3.05) is 6.61 Å². The van der Waals surface area contributed by atoms with E-state index in [1.54, 1.807) is 48.5 Å². The van der Waals surface area contributed by atoms with Crippen molar-refractivity contribution in [2.45, 2.75) is 56.9 Å². The van der Waals surface area contributed by atoms with Crippen molar-refractivity contribution in [1.82, 2.24) is 4.90 Å². The summed E-state index contributed by atoms with van der Waals surface area (Å²) in [5, 5.41) is 0. The molecule has 0 saturated heterocycles. The SMILES string of the molecule is Cc1ccc(S(=O)(=O)OCCC2(C)CCC(N3C(=O)c4ccccc4C3=O)CC2)cc1. The normalized spacial score (nSPS) is 23.8. The third-order valence-corrected chi connectivity index (χ3v) is 7.93. The minimum atomic E-state index is -3.77. The smallest absolute Gasteiger partial charge is 0.271 e. The Morgan fingerprint density at radius 3 is 2.06 bits per heavy atom. The van der Waals surface area contributed by atoms with Gasteiger partial charge in [-0.25, -0.2) is 0 Å². The van der Waals surface area contributed by atoms with Gasteiger partial charge < -0.3 is 0 Å². The molecule has 1 aliphatic carbocycles. The summed E-state index contributed by atoms with van der Waals surface area (Å²) in [6.45, 7) is 4.13. The maximum absolute atomic E-state index is 12.7. The summed E-state index contributed by atoms with van der Waals surface area (Å²) in [6.07, 6.45) is 3.64. The van der Waals surface area contributed by atoms with Gasteiger partial charge in [-0.15, -0.1) is 0 Å². The number of amides is 2. The second-order valence-electron chi connectivity index (χ2n) is 8.91. The van der Waals surface area contributed by atoms with Crippen LogP contribution in [0.25, 0.3) is 0 Å². The number of hydrogen-bond acceptors (Lipinski definition) is 5. The molecule has 1 saturated carbocycles. The Kier molecular flexibility index (Phi) is 5.75. The Bertz CT molecular complexity index is 1060. The molecule has 2 amide bonds. The highest BCUT2D eigenvalue weighted by molar-refractivity contribution is 7.86. The predicted octanol–water partition coefficient (Wildman–Crippen LogP) is 4.34. The van der Waals surface area contributed by atoms with Crippen LogP contribution in [0.15, 0.2) is 53.4 Å². The minimum absolute atomic E-state index is 0.0854. The fraction of sp³-hybridized carbons (Fsp3) is 0.417. The molecule has 1 aliphatic heterocycles. The largest absolute Gasteiger partial charge is 0.296 e. The van der Waals surface area contributed by atoms with E-state index < -0.39 is 10.1 Å². The van der Waals surface area contributed by atoms with E-state index in [2.05, 4.69) is 6.92 Å². The van der Waals surface area contributed by atoms with E-state index in [4.69, 9.17) is 4.18 Å².